The monoisotopic (exact) mass is 343 g/mol. The SMILES string of the molecule is COCc1c(-c2ccc(F)cc2)c(/C=C/C=O)c(C(C)C)n(C)c1=O. The van der Waals surface area contributed by atoms with Crippen LogP contribution in [0, 0.1) is 5.82 Å². The first-order chi connectivity index (χ1) is 11.9. The van der Waals surface area contributed by atoms with Crippen molar-refractivity contribution in [2.75, 3.05) is 7.11 Å². The second-order valence-electron chi connectivity index (χ2n) is 6.11. The number of allylic oxidation sites excluding steroid dienone is 1. The van der Waals surface area contributed by atoms with Crippen LogP contribution in [0.3, 0.4) is 0 Å². The summed E-state index contributed by atoms with van der Waals surface area (Å²) in [4.78, 5) is 23.8. The smallest absolute Gasteiger partial charge is 0.256 e. The van der Waals surface area contributed by atoms with E-state index in [1.54, 1.807) is 29.8 Å². The van der Waals surface area contributed by atoms with Gasteiger partial charge in [0.25, 0.3) is 5.56 Å². The summed E-state index contributed by atoms with van der Waals surface area (Å²) in [6.45, 7) is 4.09. The number of hydrogen-bond acceptors (Lipinski definition) is 3. The first-order valence-corrected chi connectivity index (χ1v) is 8.04. The van der Waals surface area contributed by atoms with Crippen molar-refractivity contribution in [1.29, 1.82) is 0 Å². The standard InChI is InChI=1S/C20H22FNO3/c1-13(2)19-16(6-5-11-23)18(14-7-9-15(21)10-8-14)17(12-25-4)20(24)22(19)3/h5-11,13H,12H2,1-4H3/b6-5+. The van der Waals surface area contributed by atoms with Crippen molar-refractivity contribution in [2.24, 2.45) is 7.05 Å². The van der Waals surface area contributed by atoms with E-state index in [1.165, 1.54) is 25.3 Å². The third-order valence-corrected chi connectivity index (χ3v) is 4.08. The minimum atomic E-state index is -0.352. The van der Waals surface area contributed by atoms with Gasteiger partial charge in [0.15, 0.2) is 0 Å². The van der Waals surface area contributed by atoms with Crippen LogP contribution in [0.2, 0.25) is 0 Å². The molecule has 0 aliphatic heterocycles. The Balaban J connectivity index is 2.97. The van der Waals surface area contributed by atoms with Gasteiger partial charge < -0.3 is 9.30 Å². The van der Waals surface area contributed by atoms with Gasteiger partial charge in [0.1, 0.15) is 12.1 Å². The van der Waals surface area contributed by atoms with Crippen molar-refractivity contribution in [3.63, 3.8) is 0 Å². The molecule has 5 heteroatoms. The molecule has 2 rings (SSSR count). The van der Waals surface area contributed by atoms with Crippen LogP contribution in [0.25, 0.3) is 17.2 Å². The molecule has 0 amide bonds. The lowest BCUT2D eigenvalue weighted by molar-refractivity contribution is -0.104. The molecule has 0 aliphatic rings. The molecule has 1 aromatic heterocycles. The molecule has 0 spiro atoms. The van der Waals surface area contributed by atoms with Gasteiger partial charge in [0.05, 0.1) is 12.2 Å². The second-order valence-corrected chi connectivity index (χ2v) is 6.11. The number of methoxy groups -OCH3 is 1. The summed E-state index contributed by atoms with van der Waals surface area (Å²) in [6.07, 6.45) is 3.79. The van der Waals surface area contributed by atoms with Crippen LogP contribution in [0.5, 0.6) is 0 Å². The average molecular weight is 343 g/mol. The maximum absolute atomic E-state index is 13.4. The van der Waals surface area contributed by atoms with Crippen molar-refractivity contribution in [2.45, 2.75) is 26.4 Å². The van der Waals surface area contributed by atoms with Gasteiger partial charge in [0.2, 0.25) is 0 Å². The highest BCUT2D eigenvalue weighted by Gasteiger charge is 2.21. The van der Waals surface area contributed by atoms with Crippen molar-refractivity contribution in [3.05, 3.63) is 63.3 Å². The van der Waals surface area contributed by atoms with E-state index in [0.717, 1.165) is 11.3 Å². The normalized spacial score (nSPS) is 11.4. The van der Waals surface area contributed by atoms with Gasteiger partial charge >= 0.3 is 0 Å². The third-order valence-electron chi connectivity index (χ3n) is 4.08. The predicted octanol–water partition coefficient (Wildman–Crippen LogP) is 3.67. The molecule has 25 heavy (non-hydrogen) atoms. The van der Waals surface area contributed by atoms with Gasteiger partial charge in [-0.15, -0.1) is 0 Å². The second kappa shape index (κ2) is 8.03. The molecule has 0 radical (unpaired) electrons. The Bertz CT molecular complexity index is 849. The summed E-state index contributed by atoms with van der Waals surface area (Å²) < 4.78 is 20.2. The first kappa shape index (κ1) is 18.8. The molecule has 0 aliphatic carbocycles. The molecule has 0 N–H and O–H groups in total. The third kappa shape index (κ3) is 3.77. The molecular formula is C20H22FNO3. The molecule has 1 aromatic carbocycles. The first-order valence-electron chi connectivity index (χ1n) is 8.04. The number of aldehydes is 1. The van der Waals surface area contributed by atoms with Crippen molar-refractivity contribution in [3.8, 4) is 11.1 Å². The predicted molar refractivity (Wildman–Crippen MR) is 97.0 cm³/mol. The van der Waals surface area contributed by atoms with Crippen LogP contribution in [-0.2, 0) is 23.2 Å². The zero-order valence-corrected chi connectivity index (χ0v) is 14.9. The van der Waals surface area contributed by atoms with Gasteiger partial charge in [-0.3, -0.25) is 9.59 Å². The zero-order valence-electron chi connectivity index (χ0n) is 14.9. The molecule has 0 unspecified atom stereocenters. The van der Waals surface area contributed by atoms with E-state index >= 15 is 0 Å². The zero-order chi connectivity index (χ0) is 18.6. The molecule has 0 bridgehead atoms. The van der Waals surface area contributed by atoms with Crippen LogP contribution in [0.1, 0.15) is 36.6 Å². The number of halogens is 1. The highest BCUT2D eigenvalue weighted by atomic mass is 19.1. The molecule has 0 saturated carbocycles. The molecule has 2 aromatic rings. The molecule has 0 fully saturated rings. The number of ether oxygens (including phenoxy) is 1. The average Bonchev–Trinajstić information content (AvgIpc) is 2.58. The fraction of sp³-hybridized carbons (Fsp3) is 0.300. The Morgan fingerprint density at radius 3 is 2.40 bits per heavy atom. The van der Waals surface area contributed by atoms with E-state index in [0.29, 0.717) is 23.0 Å². The number of carbonyl (C=O) groups excluding carboxylic acids is 1. The summed E-state index contributed by atoms with van der Waals surface area (Å²) in [5.41, 5.74) is 3.27. The van der Waals surface area contributed by atoms with Gasteiger partial charge in [0, 0.05) is 31.0 Å². The van der Waals surface area contributed by atoms with Crippen LogP contribution in [0.15, 0.2) is 35.1 Å². The summed E-state index contributed by atoms with van der Waals surface area (Å²) >= 11 is 0. The van der Waals surface area contributed by atoms with E-state index in [-0.39, 0.29) is 23.9 Å². The fourth-order valence-corrected chi connectivity index (χ4v) is 3.12. The van der Waals surface area contributed by atoms with E-state index in [4.69, 9.17) is 4.74 Å². The highest BCUT2D eigenvalue weighted by molar-refractivity contribution is 5.83. The van der Waals surface area contributed by atoms with Crippen LogP contribution in [0.4, 0.5) is 4.39 Å². The molecule has 0 atom stereocenters. The molecule has 4 nitrogen and oxygen atoms in total. The molecule has 1 heterocycles. The fourth-order valence-electron chi connectivity index (χ4n) is 3.12. The number of pyridine rings is 1. The Hall–Kier alpha value is -2.53. The largest absolute Gasteiger partial charge is 0.380 e. The van der Waals surface area contributed by atoms with E-state index < -0.39 is 0 Å². The topological polar surface area (TPSA) is 48.3 Å². The van der Waals surface area contributed by atoms with Crippen LogP contribution < -0.4 is 5.56 Å². The van der Waals surface area contributed by atoms with Crippen molar-refractivity contribution < 1.29 is 13.9 Å². The Kier molecular flexibility index (Phi) is 6.04. The van der Waals surface area contributed by atoms with E-state index in [1.807, 2.05) is 13.8 Å². The number of rotatable bonds is 6. The van der Waals surface area contributed by atoms with E-state index in [2.05, 4.69) is 0 Å². The van der Waals surface area contributed by atoms with Crippen LogP contribution in [-0.4, -0.2) is 18.0 Å². The Labute approximate surface area is 146 Å². The molecular weight excluding hydrogens is 321 g/mol. The lowest BCUT2D eigenvalue weighted by Crippen LogP contribution is -2.27. The summed E-state index contributed by atoms with van der Waals surface area (Å²) in [6, 6.07) is 5.97. The van der Waals surface area contributed by atoms with Gasteiger partial charge in [-0.05, 0) is 35.8 Å². The Morgan fingerprint density at radius 2 is 1.88 bits per heavy atom. The summed E-state index contributed by atoms with van der Waals surface area (Å²) in [5.74, 6) is -0.297. The van der Waals surface area contributed by atoms with Gasteiger partial charge in [-0.1, -0.05) is 26.0 Å². The number of aromatic nitrogens is 1. The summed E-state index contributed by atoms with van der Waals surface area (Å²) in [7, 11) is 3.23. The molecule has 0 saturated heterocycles. The van der Waals surface area contributed by atoms with E-state index in [9.17, 15) is 14.0 Å². The number of carbonyl (C=O) groups is 1. The van der Waals surface area contributed by atoms with Gasteiger partial charge in [-0.2, -0.15) is 0 Å². The maximum Gasteiger partial charge on any atom is 0.256 e. The maximum atomic E-state index is 13.4. The quantitative estimate of drug-likeness (QED) is 0.594. The minimum Gasteiger partial charge on any atom is -0.380 e. The number of benzene rings is 1. The highest BCUT2D eigenvalue weighted by Crippen LogP contribution is 2.33. The Morgan fingerprint density at radius 1 is 1.24 bits per heavy atom. The number of hydrogen-bond donors (Lipinski definition) is 0. The molecule has 132 valence electrons. The summed E-state index contributed by atoms with van der Waals surface area (Å²) in [5, 5.41) is 0. The number of nitrogens with zero attached hydrogens (tertiary/aromatic N) is 1. The van der Waals surface area contributed by atoms with Gasteiger partial charge in [-0.25, -0.2) is 4.39 Å². The van der Waals surface area contributed by atoms with Crippen LogP contribution >= 0.6 is 0 Å². The lowest BCUT2D eigenvalue weighted by Gasteiger charge is -2.22. The lowest BCUT2D eigenvalue weighted by atomic mass is 9.90. The van der Waals surface area contributed by atoms with Crippen molar-refractivity contribution >= 4 is 12.4 Å². The minimum absolute atomic E-state index is 0.0554. The van der Waals surface area contributed by atoms with Crippen molar-refractivity contribution in [1.82, 2.24) is 4.57 Å².